The number of benzene rings is 1. The summed E-state index contributed by atoms with van der Waals surface area (Å²) in [6.45, 7) is 7.49. The van der Waals surface area contributed by atoms with Crippen molar-refractivity contribution in [3.63, 3.8) is 0 Å². The van der Waals surface area contributed by atoms with Crippen molar-refractivity contribution < 1.29 is 4.79 Å². The number of thioether (sulfide) groups is 1. The highest BCUT2D eigenvalue weighted by atomic mass is 32.2. The number of urea groups is 1. The second-order valence-electron chi connectivity index (χ2n) is 5.76. The molecule has 2 amide bonds. The van der Waals surface area contributed by atoms with Gasteiger partial charge in [0.15, 0.2) is 0 Å². The normalized spacial score (nSPS) is 15.8. The predicted octanol–water partition coefficient (Wildman–Crippen LogP) is 2.58. The largest absolute Gasteiger partial charge is 0.334 e. The van der Waals surface area contributed by atoms with Gasteiger partial charge in [-0.25, -0.2) is 4.79 Å². The molecule has 1 aromatic rings. The molecule has 1 fully saturated rings. The first-order valence-corrected chi connectivity index (χ1v) is 9.38. The highest BCUT2D eigenvalue weighted by molar-refractivity contribution is 7.98. The van der Waals surface area contributed by atoms with E-state index in [4.69, 9.17) is 0 Å². The highest BCUT2D eigenvalue weighted by Gasteiger charge is 2.20. The monoisotopic (exact) mass is 321 g/mol. The third-order valence-corrected chi connectivity index (χ3v) is 4.87. The molecule has 1 heterocycles. The standard InChI is InChI=1S/C17H27N3OS/c1-15-6-3-4-7-16(15)14-18-17(21)20-11-9-19(10-12-20)8-5-13-22-2/h3-4,6-7H,5,8-14H2,1-2H3,(H,18,21). The van der Waals surface area contributed by atoms with Gasteiger partial charge in [0.1, 0.15) is 0 Å². The minimum absolute atomic E-state index is 0.0621. The van der Waals surface area contributed by atoms with E-state index in [1.807, 2.05) is 28.8 Å². The fourth-order valence-electron chi connectivity index (χ4n) is 2.70. The molecule has 0 bridgehead atoms. The smallest absolute Gasteiger partial charge is 0.317 e. The van der Waals surface area contributed by atoms with Crippen molar-refractivity contribution in [3.05, 3.63) is 35.4 Å². The molecular weight excluding hydrogens is 294 g/mol. The maximum Gasteiger partial charge on any atom is 0.317 e. The quantitative estimate of drug-likeness (QED) is 0.818. The number of nitrogens with one attached hydrogen (secondary N) is 1. The summed E-state index contributed by atoms with van der Waals surface area (Å²) in [5.74, 6) is 1.22. The molecular formula is C17H27N3OS. The maximum absolute atomic E-state index is 12.2. The Hall–Kier alpha value is -1.20. The van der Waals surface area contributed by atoms with Crippen LogP contribution in [0.5, 0.6) is 0 Å². The van der Waals surface area contributed by atoms with E-state index in [0.29, 0.717) is 6.54 Å². The van der Waals surface area contributed by atoms with Gasteiger partial charge >= 0.3 is 6.03 Å². The SMILES string of the molecule is CSCCCN1CCN(C(=O)NCc2ccccc2C)CC1. The molecule has 22 heavy (non-hydrogen) atoms. The number of aryl methyl sites for hydroxylation is 1. The molecule has 0 aliphatic carbocycles. The zero-order valence-electron chi connectivity index (χ0n) is 13.7. The summed E-state index contributed by atoms with van der Waals surface area (Å²) < 4.78 is 0. The van der Waals surface area contributed by atoms with E-state index in [-0.39, 0.29) is 6.03 Å². The van der Waals surface area contributed by atoms with Gasteiger partial charge in [0.2, 0.25) is 0 Å². The first kappa shape index (κ1) is 17.2. The van der Waals surface area contributed by atoms with Gasteiger partial charge in [-0.3, -0.25) is 4.90 Å². The Kier molecular flexibility index (Phi) is 7.06. The number of nitrogens with zero attached hydrogens (tertiary/aromatic N) is 2. The van der Waals surface area contributed by atoms with Crippen molar-refractivity contribution in [2.45, 2.75) is 19.9 Å². The Balaban J connectivity index is 1.70. The molecule has 1 saturated heterocycles. The van der Waals surface area contributed by atoms with Crippen LogP contribution in [0.15, 0.2) is 24.3 Å². The van der Waals surface area contributed by atoms with Crippen molar-refractivity contribution >= 4 is 17.8 Å². The first-order chi connectivity index (χ1) is 10.7. The van der Waals surface area contributed by atoms with Crippen LogP contribution < -0.4 is 5.32 Å². The van der Waals surface area contributed by atoms with E-state index in [2.05, 4.69) is 35.5 Å². The van der Waals surface area contributed by atoms with E-state index < -0.39 is 0 Å². The van der Waals surface area contributed by atoms with Gasteiger partial charge in [0.25, 0.3) is 0 Å². The van der Waals surface area contributed by atoms with Gasteiger partial charge < -0.3 is 10.2 Å². The topological polar surface area (TPSA) is 35.6 Å². The van der Waals surface area contributed by atoms with Crippen molar-refractivity contribution in [3.8, 4) is 0 Å². The number of hydrogen-bond acceptors (Lipinski definition) is 3. The number of carbonyl (C=O) groups excluding carboxylic acids is 1. The molecule has 122 valence electrons. The van der Waals surface area contributed by atoms with Crippen LogP contribution in [0.1, 0.15) is 17.5 Å². The van der Waals surface area contributed by atoms with Crippen molar-refractivity contribution in [2.75, 3.05) is 44.7 Å². The molecule has 1 aliphatic heterocycles. The molecule has 5 heteroatoms. The second-order valence-corrected chi connectivity index (χ2v) is 6.75. The zero-order chi connectivity index (χ0) is 15.8. The van der Waals surface area contributed by atoms with Crippen LogP contribution >= 0.6 is 11.8 Å². The van der Waals surface area contributed by atoms with Crippen molar-refractivity contribution in [2.24, 2.45) is 0 Å². The summed E-state index contributed by atoms with van der Waals surface area (Å²) in [5, 5.41) is 3.04. The van der Waals surface area contributed by atoms with Crippen LogP contribution in [-0.4, -0.2) is 60.6 Å². The van der Waals surface area contributed by atoms with E-state index in [9.17, 15) is 4.79 Å². The van der Waals surface area contributed by atoms with Gasteiger partial charge in [0, 0.05) is 32.7 Å². The lowest BCUT2D eigenvalue weighted by Crippen LogP contribution is -2.51. The molecule has 1 aromatic carbocycles. The van der Waals surface area contributed by atoms with E-state index in [1.165, 1.54) is 23.3 Å². The Bertz CT molecular complexity index is 473. The van der Waals surface area contributed by atoms with Crippen molar-refractivity contribution in [1.82, 2.24) is 15.1 Å². The van der Waals surface area contributed by atoms with Gasteiger partial charge in [-0.15, -0.1) is 0 Å². The fourth-order valence-corrected chi connectivity index (χ4v) is 3.12. The number of amides is 2. The Labute approximate surface area is 138 Å². The van der Waals surface area contributed by atoms with Crippen LogP contribution in [0.25, 0.3) is 0 Å². The summed E-state index contributed by atoms with van der Waals surface area (Å²) in [5.41, 5.74) is 2.41. The highest BCUT2D eigenvalue weighted by Crippen LogP contribution is 2.08. The molecule has 1 N–H and O–H groups in total. The van der Waals surface area contributed by atoms with Crippen LogP contribution in [0.2, 0.25) is 0 Å². The molecule has 0 unspecified atom stereocenters. The molecule has 0 radical (unpaired) electrons. The molecule has 0 spiro atoms. The Morgan fingerprint density at radius 1 is 1.23 bits per heavy atom. The van der Waals surface area contributed by atoms with Crippen LogP contribution in [-0.2, 0) is 6.54 Å². The summed E-state index contributed by atoms with van der Waals surface area (Å²) in [6.07, 6.45) is 3.39. The number of piperazine rings is 1. The average Bonchev–Trinajstić information content (AvgIpc) is 2.55. The predicted molar refractivity (Wildman–Crippen MR) is 94.4 cm³/mol. The van der Waals surface area contributed by atoms with Gasteiger partial charge in [-0.1, -0.05) is 24.3 Å². The first-order valence-electron chi connectivity index (χ1n) is 7.99. The maximum atomic E-state index is 12.2. The zero-order valence-corrected chi connectivity index (χ0v) is 14.5. The summed E-state index contributed by atoms with van der Waals surface area (Å²) in [7, 11) is 0. The van der Waals surface area contributed by atoms with Gasteiger partial charge in [0.05, 0.1) is 0 Å². The third-order valence-electron chi connectivity index (χ3n) is 4.17. The van der Waals surface area contributed by atoms with E-state index >= 15 is 0 Å². The number of carbonyl (C=O) groups is 1. The summed E-state index contributed by atoms with van der Waals surface area (Å²) in [6, 6.07) is 8.25. The van der Waals surface area contributed by atoms with Crippen LogP contribution in [0, 0.1) is 6.92 Å². The van der Waals surface area contributed by atoms with Crippen molar-refractivity contribution in [1.29, 1.82) is 0 Å². The Morgan fingerprint density at radius 2 is 1.95 bits per heavy atom. The lowest BCUT2D eigenvalue weighted by molar-refractivity contribution is 0.139. The second kappa shape index (κ2) is 9.06. The minimum atomic E-state index is 0.0621. The van der Waals surface area contributed by atoms with Crippen LogP contribution in [0.4, 0.5) is 4.79 Å². The summed E-state index contributed by atoms with van der Waals surface area (Å²) in [4.78, 5) is 16.6. The molecule has 0 atom stereocenters. The molecule has 4 nitrogen and oxygen atoms in total. The molecule has 2 rings (SSSR count). The average molecular weight is 321 g/mol. The Morgan fingerprint density at radius 3 is 2.64 bits per heavy atom. The molecule has 0 aromatic heterocycles. The van der Waals surface area contributed by atoms with Crippen LogP contribution in [0.3, 0.4) is 0 Å². The third kappa shape index (κ3) is 5.21. The molecule has 1 aliphatic rings. The summed E-state index contributed by atoms with van der Waals surface area (Å²) >= 11 is 1.90. The lowest BCUT2D eigenvalue weighted by atomic mass is 10.1. The fraction of sp³-hybridized carbons (Fsp3) is 0.588. The number of hydrogen-bond donors (Lipinski definition) is 1. The van der Waals surface area contributed by atoms with E-state index in [1.54, 1.807) is 0 Å². The lowest BCUT2D eigenvalue weighted by Gasteiger charge is -2.34. The van der Waals surface area contributed by atoms with Gasteiger partial charge in [-0.05, 0) is 43.0 Å². The van der Waals surface area contributed by atoms with E-state index in [0.717, 1.165) is 32.7 Å². The van der Waals surface area contributed by atoms with Gasteiger partial charge in [-0.2, -0.15) is 11.8 Å². The number of rotatable bonds is 6. The minimum Gasteiger partial charge on any atom is -0.334 e. The molecule has 0 saturated carbocycles.